The lowest BCUT2D eigenvalue weighted by Crippen LogP contribution is -2.43. The van der Waals surface area contributed by atoms with Crippen LogP contribution in [0.3, 0.4) is 0 Å². The molecule has 2 aliphatic rings. The lowest BCUT2D eigenvalue weighted by atomic mass is 10.0. The predicted molar refractivity (Wildman–Crippen MR) is 71.5 cm³/mol. The van der Waals surface area contributed by atoms with E-state index in [0.29, 0.717) is 0 Å². The number of piperazine rings is 1. The second-order valence-electron chi connectivity index (χ2n) is 4.40. The maximum absolute atomic E-state index is 2.53. The summed E-state index contributed by atoms with van der Waals surface area (Å²) in [4.78, 5) is 4.93. The summed E-state index contributed by atoms with van der Waals surface area (Å²) in [6.07, 6.45) is 7.09. The Bertz CT molecular complexity index is 258. The molecule has 92 valence electrons. The van der Waals surface area contributed by atoms with Gasteiger partial charge in [-0.1, -0.05) is 19.9 Å². The van der Waals surface area contributed by atoms with Crippen molar-refractivity contribution in [3.8, 4) is 0 Å². The first-order chi connectivity index (χ1) is 7.77. The Morgan fingerprint density at radius 2 is 1.69 bits per heavy atom. The van der Waals surface area contributed by atoms with Gasteiger partial charge in [0.05, 0.1) is 0 Å². The van der Waals surface area contributed by atoms with Crippen LogP contribution < -0.4 is 0 Å². The fourth-order valence-corrected chi connectivity index (χ4v) is 2.19. The first-order valence-electron chi connectivity index (χ1n) is 6.57. The van der Waals surface area contributed by atoms with Gasteiger partial charge in [-0.2, -0.15) is 0 Å². The molecule has 0 aromatic rings. The van der Waals surface area contributed by atoms with Gasteiger partial charge in [0, 0.05) is 31.9 Å². The van der Waals surface area contributed by atoms with E-state index in [1.807, 2.05) is 13.8 Å². The Hall–Kier alpha value is -0.760. The van der Waals surface area contributed by atoms with Crippen molar-refractivity contribution in [1.29, 1.82) is 0 Å². The fourth-order valence-electron chi connectivity index (χ4n) is 2.19. The molecule has 0 bridgehead atoms. The summed E-state index contributed by atoms with van der Waals surface area (Å²) in [6.45, 7) is 11.0. The SMILES string of the molecule is CC.CC1=C(N2CCN(C)CC2)C=CCC1. The van der Waals surface area contributed by atoms with Crippen molar-refractivity contribution in [2.75, 3.05) is 33.2 Å². The molecule has 1 heterocycles. The third-order valence-electron chi connectivity index (χ3n) is 3.24. The minimum atomic E-state index is 1.19. The third-order valence-corrected chi connectivity index (χ3v) is 3.24. The Kier molecular flexibility index (Phi) is 5.61. The van der Waals surface area contributed by atoms with Gasteiger partial charge < -0.3 is 9.80 Å². The normalized spacial score (nSPS) is 21.9. The standard InChI is InChI=1S/C12H20N2.C2H6/c1-11-5-3-4-6-12(11)14-9-7-13(2)8-10-14;1-2/h4,6H,3,5,7-10H2,1-2H3;1-2H3. The van der Waals surface area contributed by atoms with Gasteiger partial charge in [0.1, 0.15) is 0 Å². The van der Waals surface area contributed by atoms with Crippen LogP contribution in [0.25, 0.3) is 0 Å². The van der Waals surface area contributed by atoms with E-state index in [9.17, 15) is 0 Å². The lowest BCUT2D eigenvalue weighted by molar-refractivity contribution is 0.188. The van der Waals surface area contributed by atoms with Gasteiger partial charge >= 0.3 is 0 Å². The fraction of sp³-hybridized carbons (Fsp3) is 0.714. The van der Waals surface area contributed by atoms with E-state index in [2.05, 4.69) is 35.9 Å². The molecular weight excluding hydrogens is 196 g/mol. The van der Waals surface area contributed by atoms with Crippen LogP contribution in [0.1, 0.15) is 33.6 Å². The molecule has 16 heavy (non-hydrogen) atoms. The van der Waals surface area contributed by atoms with Crippen molar-refractivity contribution < 1.29 is 0 Å². The molecule has 0 radical (unpaired) electrons. The highest BCUT2D eigenvalue weighted by Gasteiger charge is 2.17. The van der Waals surface area contributed by atoms with Gasteiger partial charge in [-0.05, 0) is 38.5 Å². The van der Waals surface area contributed by atoms with Crippen molar-refractivity contribution in [1.82, 2.24) is 9.80 Å². The summed E-state index contributed by atoms with van der Waals surface area (Å²) in [6, 6.07) is 0. The first-order valence-corrected chi connectivity index (χ1v) is 6.57. The zero-order valence-electron chi connectivity index (χ0n) is 11.3. The van der Waals surface area contributed by atoms with Crippen molar-refractivity contribution in [2.24, 2.45) is 0 Å². The van der Waals surface area contributed by atoms with E-state index in [1.165, 1.54) is 44.7 Å². The van der Waals surface area contributed by atoms with Gasteiger partial charge in [-0.3, -0.25) is 0 Å². The number of likely N-dealkylation sites (N-methyl/N-ethyl adjacent to an activating group) is 1. The van der Waals surface area contributed by atoms with Crippen LogP contribution in [0.5, 0.6) is 0 Å². The molecule has 0 unspecified atom stereocenters. The maximum Gasteiger partial charge on any atom is 0.0353 e. The summed E-state index contributed by atoms with van der Waals surface area (Å²) in [5.41, 5.74) is 3.06. The van der Waals surface area contributed by atoms with Crippen LogP contribution in [-0.2, 0) is 0 Å². The van der Waals surface area contributed by atoms with Crippen molar-refractivity contribution >= 4 is 0 Å². The molecule has 0 saturated carbocycles. The maximum atomic E-state index is 2.53. The number of hydrogen-bond acceptors (Lipinski definition) is 2. The van der Waals surface area contributed by atoms with Crippen LogP contribution in [0, 0.1) is 0 Å². The third kappa shape index (κ3) is 3.38. The summed E-state index contributed by atoms with van der Waals surface area (Å²) in [7, 11) is 2.20. The van der Waals surface area contributed by atoms with E-state index < -0.39 is 0 Å². The monoisotopic (exact) mass is 222 g/mol. The van der Waals surface area contributed by atoms with Crippen LogP contribution in [0.15, 0.2) is 23.4 Å². The molecule has 1 aliphatic heterocycles. The smallest absolute Gasteiger partial charge is 0.0353 e. The largest absolute Gasteiger partial charge is 0.369 e. The second-order valence-corrected chi connectivity index (χ2v) is 4.40. The Morgan fingerprint density at radius 3 is 2.25 bits per heavy atom. The molecule has 2 nitrogen and oxygen atoms in total. The molecule has 2 heteroatoms. The van der Waals surface area contributed by atoms with Crippen molar-refractivity contribution in [3.05, 3.63) is 23.4 Å². The van der Waals surface area contributed by atoms with E-state index in [4.69, 9.17) is 0 Å². The van der Waals surface area contributed by atoms with Crippen LogP contribution in [-0.4, -0.2) is 43.0 Å². The molecule has 1 fully saturated rings. The van der Waals surface area contributed by atoms with Crippen molar-refractivity contribution in [2.45, 2.75) is 33.6 Å². The predicted octanol–water partition coefficient (Wildman–Crippen LogP) is 2.88. The highest BCUT2D eigenvalue weighted by molar-refractivity contribution is 5.27. The Labute approximate surface area is 101 Å². The molecule has 0 atom stereocenters. The molecule has 0 aromatic heterocycles. The Morgan fingerprint density at radius 1 is 1.06 bits per heavy atom. The van der Waals surface area contributed by atoms with E-state index in [1.54, 1.807) is 5.57 Å². The van der Waals surface area contributed by atoms with Crippen LogP contribution >= 0.6 is 0 Å². The lowest BCUT2D eigenvalue weighted by Gasteiger charge is -2.36. The first kappa shape index (κ1) is 13.3. The van der Waals surface area contributed by atoms with E-state index in [0.717, 1.165) is 0 Å². The number of allylic oxidation sites excluding steroid dienone is 3. The molecule has 0 aromatic carbocycles. The Balaban J connectivity index is 0.000000606. The molecule has 1 saturated heterocycles. The second kappa shape index (κ2) is 6.74. The quantitative estimate of drug-likeness (QED) is 0.673. The summed E-state index contributed by atoms with van der Waals surface area (Å²) in [5, 5.41) is 0. The van der Waals surface area contributed by atoms with Gasteiger partial charge in [-0.25, -0.2) is 0 Å². The van der Waals surface area contributed by atoms with Gasteiger partial charge in [0.15, 0.2) is 0 Å². The van der Waals surface area contributed by atoms with Crippen LogP contribution in [0.4, 0.5) is 0 Å². The number of rotatable bonds is 1. The van der Waals surface area contributed by atoms with Gasteiger partial charge in [0.25, 0.3) is 0 Å². The molecule has 0 N–H and O–H groups in total. The van der Waals surface area contributed by atoms with E-state index in [-0.39, 0.29) is 0 Å². The number of hydrogen-bond donors (Lipinski definition) is 0. The zero-order valence-corrected chi connectivity index (χ0v) is 11.3. The zero-order chi connectivity index (χ0) is 12.0. The molecule has 1 aliphatic carbocycles. The summed E-state index contributed by atoms with van der Waals surface area (Å²) in [5.74, 6) is 0. The van der Waals surface area contributed by atoms with Gasteiger partial charge in [-0.15, -0.1) is 0 Å². The highest BCUT2D eigenvalue weighted by atomic mass is 15.2. The molecule has 2 rings (SSSR count). The van der Waals surface area contributed by atoms with Crippen LogP contribution in [0.2, 0.25) is 0 Å². The average Bonchev–Trinajstić information content (AvgIpc) is 2.34. The van der Waals surface area contributed by atoms with E-state index >= 15 is 0 Å². The number of nitrogens with zero attached hydrogens (tertiary/aromatic N) is 2. The summed E-state index contributed by atoms with van der Waals surface area (Å²) < 4.78 is 0. The molecular formula is C14H26N2. The van der Waals surface area contributed by atoms with Gasteiger partial charge in [0.2, 0.25) is 0 Å². The summed E-state index contributed by atoms with van der Waals surface area (Å²) >= 11 is 0. The molecule has 0 amide bonds. The van der Waals surface area contributed by atoms with Crippen molar-refractivity contribution in [3.63, 3.8) is 0 Å². The minimum Gasteiger partial charge on any atom is -0.369 e. The molecule has 0 spiro atoms. The minimum absolute atomic E-state index is 1.19. The topological polar surface area (TPSA) is 6.48 Å². The highest BCUT2D eigenvalue weighted by Crippen LogP contribution is 2.22. The average molecular weight is 222 g/mol.